The fourth-order valence-electron chi connectivity index (χ4n) is 4.17. The van der Waals surface area contributed by atoms with Crippen LogP contribution in [0.25, 0.3) is 10.9 Å². The van der Waals surface area contributed by atoms with Gasteiger partial charge >= 0.3 is 0 Å². The maximum Gasteiger partial charge on any atom is 0.230 e. The van der Waals surface area contributed by atoms with Gasteiger partial charge in [-0.05, 0) is 74.1 Å². The number of anilines is 2. The lowest BCUT2D eigenvalue weighted by atomic mass is 9.82. The normalized spacial score (nSPS) is 15.6. The highest BCUT2D eigenvalue weighted by molar-refractivity contribution is 5.98. The van der Waals surface area contributed by atoms with E-state index in [2.05, 4.69) is 45.2 Å². The molecule has 0 saturated heterocycles. The van der Waals surface area contributed by atoms with Crippen molar-refractivity contribution in [2.24, 2.45) is 0 Å². The second-order valence-electron chi connectivity index (χ2n) is 8.35. The Balaban J connectivity index is 1.45. The Kier molecular flexibility index (Phi) is 4.89. The summed E-state index contributed by atoms with van der Waals surface area (Å²) < 4.78 is 13.3. The fourth-order valence-corrected chi connectivity index (χ4v) is 4.17. The van der Waals surface area contributed by atoms with E-state index >= 15 is 0 Å². The van der Waals surface area contributed by atoms with Gasteiger partial charge in [0, 0.05) is 18.0 Å². The quantitative estimate of drug-likeness (QED) is 0.488. The number of ketones is 1. The average Bonchev–Trinajstić information content (AvgIpc) is 2.75. The van der Waals surface area contributed by atoms with Crippen LogP contribution in [0.3, 0.4) is 0 Å². The number of halogens is 1. The third kappa shape index (κ3) is 3.70. The molecule has 0 saturated carbocycles. The largest absolute Gasteiger partial charge is 0.294 e. The fraction of sp³-hybridized carbons (Fsp3) is 0.240. The molecule has 6 nitrogen and oxygen atoms in total. The third-order valence-electron chi connectivity index (χ3n) is 6.11. The second-order valence-corrected chi connectivity index (χ2v) is 8.35. The number of fused-ring (bicyclic) bond motifs is 2. The standard InChI is InChI=1S/C25H22FN5O/c1-13-8-19-15(3)28-25(30-21(19)9-14(13)2)31-24-27-12-20-22(29-24)10-17(11-23(20)32)16-4-6-18(26)7-5-16/h4-9,12,17H,10-11H2,1-3H3,(H,27,28,29,30,31)/t17-/m1/s1. The van der Waals surface area contributed by atoms with Crippen LogP contribution in [0.1, 0.15) is 50.8 Å². The zero-order chi connectivity index (χ0) is 22.4. The van der Waals surface area contributed by atoms with E-state index in [-0.39, 0.29) is 17.5 Å². The van der Waals surface area contributed by atoms with E-state index in [1.54, 1.807) is 18.3 Å². The Bertz CT molecular complexity index is 1370. The number of carbonyl (C=O) groups excluding carboxylic acids is 1. The van der Waals surface area contributed by atoms with Crippen molar-refractivity contribution in [1.29, 1.82) is 0 Å². The lowest BCUT2D eigenvalue weighted by Gasteiger charge is -2.23. The second kappa shape index (κ2) is 7.75. The van der Waals surface area contributed by atoms with Crippen LogP contribution < -0.4 is 5.32 Å². The Labute approximate surface area is 185 Å². The zero-order valence-corrected chi connectivity index (χ0v) is 18.1. The van der Waals surface area contributed by atoms with E-state index in [1.807, 2.05) is 13.0 Å². The van der Waals surface area contributed by atoms with Crippen LogP contribution in [-0.2, 0) is 6.42 Å². The van der Waals surface area contributed by atoms with Crippen molar-refractivity contribution in [3.8, 4) is 0 Å². The van der Waals surface area contributed by atoms with E-state index in [1.165, 1.54) is 17.7 Å². The summed E-state index contributed by atoms with van der Waals surface area (Å²) in [6.45, 7) is 6.08. The molecule has 0 radical (unpaired) electrons. The summed E-state index contributed by atoms with van der Waals surface area (Å²) in [6, 6.07) is 10.4. The number of benzene rings is 2. The molecule has 1 aliphatic rings. The van der Waals surface area contributed by atoms with Gasteiger partial charge in [-0.25, -0.2) is 24.3 Å². The third-order valence-corrected chi connectivity index (χ3v) is 6.11. The molecule has 1 aliphatic carbocycles. The molecular formula is C25H22FN5O. The first kappa shape index (κ1) is 20.2. The van der Waals surface area contributed by atoms with Gasteiger partial charge in [-0.2, -0.15) is 0 Å². The number of nitrogens with one attached hydrogen (secondary N) is 1. The number of aromatic nitrogens is 4. The summed E-state index contributed by atoms with van der Waals surface area (Å²) in [7, 11) is 0. The SMILES string of the molecule is Cc1cc2nc(Nc3ncc4c(n3)C[C@@H](c3ccc(F)cc3)CC4=O)nc(C)c2cc1C. The molecule has 0 fully saturated rings. The first-order chi connectivity index (χ1) is 15.4. The molecule has 2 aromatic heterocycles. The number of hydrogen-bond acceptors (Lipinski definition) is 6. The molecule has 1 N–H and O–H groups in total. The summed E-state index contributed by atoms with van der Waals surface area (Å²) in [5, 5.41) is 4.10. The number of Topliss-reactive ketones (excluding diaryl/α,β-unsaturated/α-hetero) is 1. The molecule has 2 aromatic carbocycles. The van der Waals surface area contributed by atoms with Gasteiger partial charge in [0.2, 0.25) is 11.9 Å². The topological polar surface area (TPSA) is 80.7 Å². The Morgan fingerprint density at radius 2 is 1.69 bits per heavy atom. The van der Waals surface area contributed by atoms with Crippen LogP contribution in [0.15, 0.2) is 42.6 Å². The van der Waals surface area contributed by atoms with Crippen LogP contribution in [0, 0.1) is 26.6 Å². The van der Waals surface area contributed by atoms with Crippen LogP contribution in [0.2, 0.25) is 0 Å². The summed E-state index contributed by atoms with van der Waals surface area (Å²) >= 11 is 0. The molecule has 0 bridgehead atoms. The van der Waals surface area contributed by atoms with Crippen molar-refractivity contribution in [3.05, 3.63) is 82.1 Å². The molecule has 5 rings (SSSR count). The van der Waals surface area contributed by atoms with Crippen molar-refractivity contribution in [2.45, 2.75) is 39.5 Å². The van der Waals surface area contributed by atoms with Crippen LogP contribution >= 0.6 is 0 Å². The molecule has 4 aromatic rings. The van der Waals surface area contributed by atoms with E-state index < -0.39 is 0 Å². The van der Waals surface area contributed by atoms with Crippen molar-refractivity contribution >= 4 is 28.6 Å². The lowest BCUT2D eigenvalue weighted by Crippen LogP contribution is -2.21. The van der Waals surface area contributed by atoms with Crippen molar-refractivity contribution < 1.29 is 9.18 Å². The number of carbonyl (C=O) groups is 1. The maximum absolute atomic E-state index is 13.3. The predicted octanol–water partition coefficient (Wildman–Crippen LogP) is 5.14. The first-order valence-electron chi connectivity index (χ1n) is 10.5. The minimum Gasteiger partial charge on any atom is -0.294 e. The van der Waals surface area contributed by atoms with E-state index in [0.717, 1.165) is 27.7 Å². The monoisotopic (exact) mass is 427 g/mol. The van der Waals surface area contributed by atoms with Gasteiger partial charge in [0.15, 0.2) is 5.78 Å². The van der Waals surface area contributed by atoms with Gasteiger partial charge in [0.25, 0.3) is 0 Å². The molecule has 0 unspecified atom stereocenters. The van der Waals surface area contributed by atoms with E-state index in [0.29, 0.717) is 36.0 Å². The van der Waals surface area contributed by atoms with Gasteiger partial charge < -0.3 is 0 Å². The zero-order valence-electron chi connectivity index (χ0n) is 18.1. The summed E-state index contributed by atoms with van der Waals surface area (Å²) in [4.78, 5) is 30.8. The van der Waals surface area contributed by atoms with Gasteiger partial charge in [0.05, 0.1) is 22.5 Å². The molecule has 0 amide bonds. The van der Waals surface area contributed by atoms with Crippen molar-refractivity contribution in [2.75, 3.05) is 5.32 Å². The van der Waals surface area contributed by atoms with Crippen LogP contribution in [0.4, 0.5) is 16.3 Å². The van der Waals surface area contributed by atoms with Gasteiger partial charge in [-0.3, -0.25) is 10.1 Å². The minimum absolute atomic E-state index is 0.00392. The smallest absolute Gasteiger partial charge is 0.230 e. The van der Waals surface area contributed by atoms with Crippen molar-refractivity contribution in [3.63, 3.8) is 0 Å². The molecular weight excluding hydrogens is 405 g/mol. The molecule has 7 heteroatoms. The molecule has 2 heterocycles. The van der Waals surface area contributed by atoms with Gasteiger partial charge in [0.1, 0.15) is 5.82 Å². The molecule has 0 aliphatic heterocycles. The highest BCUT2D eigenvalue weighted by atomic mass is 19.1. The molecule has 160 valence electrons. The van der Waals surface area contributed by atoms with E-state index in [4.69, 9.17) is 0 Å². The van der Waals surface area contributed by atoms with Crippen LogP contribution in [-0.4, -0.2) is 25.7 Å². The first-order valence-corrected chi connectivity index (χ1v) is 10.5. The Hall–Kier alpha value is -3.74. The number of hydrogen-bond donors (Lipinski definition) is 1. The highest BCUT2D eigenvalue weighted by Gasteiger charge is 2.28. The Morgan fingerprint density at radius 1 is 0.938 bits per heavy atom. The number of nitrogens with zero attached hydrogens (tertiary/aromatic N) is 4. The Morgan fingerprint density at radius 3 is 2.47 bits per heavy atom. The van der Waals surface area contributed by atoms with Gasteiger partial charge in [-0.1, -0.05) is 12.1 Å². The number of aryl methyl sites for hydroxylation is 3. The predicted molar refractivity (Wildman–Crippen MR) is 121 cm³/mol. The molecule has 0 spiro atoms. The maximum atomic E-state index is 13.3. The van der Waals surface area contributed by atoms with Gasteiger partial charge in [-0.15, -0.1) is 0 Å². The van der Waals surface area contributed by atoms with Crippen LogP contribution in [0.5, 0.6) is 0 Å². The summed E-state index contributed by atoms with van der Waals surface area (Å²) in [6.07, 6.45) is 2.51. The molecule has 1 atom stereocenters. The van der Waals surface area contributed by atoms with E-state index in [9.17, 15) is 9.18 Å². The number of rotatable bonds is 3. The van der Waals surface area contributed by atoms with Crippen molar-refractivity contribution in [1.82, 2.24) is 19.9 Å². The highest BCUT2D eigenvalue weighted by Crippen LogP contribution is 2.32. The summed E-state index contributed by atoms with van der Waals surface area (Å²) in [5.74, 6) is 0.426. The molecule has 32 heavy (non-hydrogen) atoms. The minimum atomic E-state index is -0.291. The lowest BCUT2D eigenvalue weighted by molar-refractivity contribution is 0.0962. The summed E-state index contributed by atoms with van der Waals surface area (Å²) in [5.41, 5.74) is 6.23. The average molecular weight is 427 g/mol.